The molecule has 132 valence electrons. The van der Waals surface area contributed by atoms with Crippen LogP contribution in [0.25, 0.3) is 0 Å². The van der Waals surface area contributed by atoms with Crippen LogP contribution in [0.4, 0.5) is 0 Å². The van der Waals surface area contributed by atoms with Crippen LogP contribution in [0.15, 0.2) is 18.3 Å². The van der Waals surface area contributed by atoms with Crippen molar-refractivity contribution in [3.8, 4) is 0 Å². The van der Waals surface area contributed by atoms with Crippen LogP contribution in [0, 0.1) is 5.92 Å². The number of pyridine rings is 1. The van der Waals surface area contributed by atoms with E-state index in [9.17, 15) is 4.79 Å². The molecule has 2 saturated heterocycles. The summed E-state index contributed by atoms with van der Waals surface area (Å²) in [6.07, 6.45) is 2.87. The van der Waals surface area contributed by atoms with Crippen molar-refractivity contribution in [3.05, 3.63) is 29.6 Å². The van der Waals surface area contributed by atoms with E-state index in [1.165, 1.54) is 5.56 Å². The first kappa shape index (κ1) is 17.4. The fourth-order valence-electron chi connectivity index (χ4n) is 3.33. The highest BCUT2D eigenvalue weighted by atomic mass is 16.5. The lowest BCUT2D eigenvalue weighted by atomic mass is 9.91. The van der Waals surface area contributed by atoms with E-state index in [1.807, 2.05) is 11.1 Å². The summed E-state index contributed by atoms with van der Waals surface area (Å²) < 4.78 is 5.34. The van der Waals surface area contributed by atoms with Crippen LogP contribution in [0.1, 0.15) is 38.4 Å². The van der Waals surface area contributed by atoms with Crippen molar-refractivity contribution in [1.82, 2.24) is 14.8 Å². The van der Waals surface area contributed by atoms with E-state index in [4.69, 9.17) is 4.74 Å². The monoisotopic (exact) mass is 331 g/mol. The van der Waals surface area contributed by atoms with Crippen LogP contribution in [-0.4, -0.2) is 60.1 Å². The van der Waals surface area contributed by atoms with Crippen molar-refractivity contribution in [2.45, 2.75) is 39.2 Å². The molecule has 24 heavy (non-hydrogen) atoms. The fourth-order valence-corrected chi connectivity index (χ4v) is 3.33. The molecule has 0 aromatic carbocycles. The van der Waals surface area contributed by atoms with Crippen molar-refractivity contribution in [3.63, 3.8) is 0 Å². The molecule has 5 nitrogen and oxygen atoms in total. The molecule has 5 heteroatoms. The lowest BCUT2D eigenvalue weighted by Gasteiger charge is -2.35. The summed E-state index contributed by atoms with van der Waals surface area (Å²) in [6.45, 7) is 12.3. The Labute approximate surface area is 145 Å². The minimum Gasteiger partial charge on any atom is -0.381 e. The molecule has 2 aliphatic rings. The van der Waals surface area contributed by atoms with E-state index in [0.29, 0.717) is 6.61 Å². The Morgan fingerprint density at radius 3 is 2.54 bits per heavy atom. The molecule has 1 aromatic heterocycles. The van der Waals surface area contributed by atoms with Gasteiger partial charge in [0.25, 0.3) is 0 Å². The largest absolute Gasteiger partial charge is 0.381 e. The smallest absolute Gasteiger partial charge is 0.228 e. The molecule has 1 amide bonds. The van der Waals surface area contributed by atoms with Gasteiger partial charge in [-0.1, -0.05) is 26.8 Å². The second-order valence-corrected chi connectivity index (χ2v) is 7.96. The number of hydrogen-bond donors (Lipinski definition) is 0. The SMILES string of the molecule is CC(C)(C)c1ccc(CN2CCN(C(=O)C3CCOC3)CC2)cn1. The van der Waals surface area contributed by atoms with Crippen LogP contribution in [0.5, 0.6) is 0 Å². The van der Waals surface area contributed by atoms with E-state index >= 15 is 0 Å². The molecule has 1 aromatic rings. The first-order valence-corrected chi connectivity index (χ1v) is 8.98. The van der Waals surface area contributed by atoms with Gasteiger partial charge in [0.05, 0.1) is 12.5 Å². The average molecular weight is 331 g/mol. The number of ether oxygens (including phenoxy) is 1. The molecule has 3 rings (SSSR count). The van der Waals surface area contributed by atoms with Gasteiger partial charge in [-0.25, -0.2) is 0 Å². The molecule has 0 spiro atoms. The third kappa shape index (κ3) is 4.14. The first-order chi connectivity index (χ1) is 11.4. The summed E-state index contributed by atoms with van der Waals surface area (Å²) in [5, 5.41) is 0. The quantitative estimate of drug-likeness (QED) is 0.850. The molecule has 3 heterocycles. The predicted octanol–water partition coefficient (Wildman–Crippen LogP) is 2.06. The van der Waals surface area contributed by atoms with Crippen LogP contribution < -0.4 is 0 Å². The van der Waals surface area contributed by atoms with E-state index in [-0.39, 0.29) is 17.2 Å². The van der Waals surface area contributed by atoms with Crippen LogP contribution in [-0.2, 0) is 21.5 Å². The topological polar surface area (TPSA) is 45.7 Å². The Balaban J connectivity index is 1.49. The Morgan fingerprint density at radius 2 is 2.00 bits per heavy atom. The molecule has 0 radical (unpaired) electrons. The zero-order valence-electron chi connectivity index (χ0n) is 15.1. The highest BCUT2D eigenvalue weighted by Crippen LogP contribution is 2.21. The number of carbonyl (C=O) groups excluding carboxylic acids is 1. The third-order valence-corrected chi connectivity index (χ3v) is 4.96. The minimum atomic E-state index is 0.0886. The zero-order chi connectivity index (χ0) is 17.2. The van der Waals surface area contributed by atoms with Crippen molar-refractivity contribution < 1.29 is 9.53 Å². The van der Waals surface area contributed by atoms with Crippen molar-refractivity contribution in [1.29, 1.82) is 0 Å². The summed E-state index contributed by atoms with van der Waals surface area (Å²) in [5.74, 6) is 0.369. The number of carbonyl (C=O) groups is 1. The van der Waals surface area contributed by atoms with Gasteiger partial charge in [0.15, 0.2) is 0 Å². The molecule has 1 atom stereocenters. The maximum absolute atomic E-state index is 12.4. The number of aromatic nitrogens is 1. The highest BCUT2D eigenvalue weighted by Gasteiger charge is 2.30. The van der Waals surface area contributed by atoms with Gasteiger partial charge in [-0.05, 0) is 18.1 Å². The molecule has 0 N–H and O–H groups in total. The second-order valence-electron chi connectivity index (χ2n) is 7.96. The van der Waals surface area contributed by atoms with E-state index < -0.39 is 0 Å². The summed E-state index contributed by atoms with van der Waals surface area (Å²) in [5.41, 5.74) is 2.46. The minimum absolute atomic E-state index is 0.0886. The van der Waals surface area contributed by atoms with Crippen LogP contribution in [0.3, 0.4) is 0 Å². The van der Waals surface area contributed by atoms with Crippen molar-refractivity contribution >= 4 is 5.91 Å². The van der Waals surface area contributed by atoms with Crippen molar-refractivity contribution in [2.75, 3.05) is 39.4 Å². The summed E-state index contributed by atoms with van der Waals surface area (Å²) in [6, 6.07) is 4.32. The van der Waals surface area contributed by atoms with Gasteiger partial charge in [-0.3, -0.25) is 14.7 Å². The van der Waals surface area contributed by atoms with Crippen LogP contribution >= 0.6 is 0 Å². The molecular formula is C19H29N3O2. The molecule has 0 saturated carbocycles. The maximum atomic E-state index is 12.4. The van der Waals surface area contributed by atoms with Crippen molar-refractivity contribution in [2.24, 2.45) is 5.92 Å². The van der Waals surface area contributed by atoms with Gasteiger partial charge in [0.2, 0.25) is 5.91 Å². The molecule has 0 bridgehead atoms. The Bertz CT molecular complexity index is 551. The Kier molecular flexibility index (Phi) is 5.21. The van der Waals surface area contributed by atoms with Gasteiger partial charge in [-0.15, -0.1) is 0 Å². The Morgan fingerprint density at radius 1 is 1.25 bits per heavy atom. The maximum Gasteiger partial charge on any atom is 0.228 e. The normalized spacial score (nSPS) is 22.8. The third-order valence-electron chi connectivity index (χ3n) is 4.96. The standard InChI is InChI=1S/C19H29N3O2/c1-19(2,3)17-5-4-15(12-20-17)13-21-7-9-22(10-8-21)18(23)16-6-11-24-14-16/h4-5,12,16H,6-11,13-14H2,1-3H3. The molecule has 2 fully saturated rings. The average Bonchev–Trinajstić information content (AvgIpc) is 3.09. The molecular weight excluding hydrogens is 302 g/mol. The van der Waals surface area contributed by atoms with E-state index in [1.54, 1.807) is 0 Å². The number of hydrogen-bond acceptors (Lipinski definition) is 4. The second kappa shape index (κ2) is 7.19. The summed E-state index contributed by atoms with van der Waals surface area (Å²) in [7, 11) is 0. The van der Waals surface area contributed by atoms with Gasteiger partial charge in [0.1, 0.15) is 0 Å². The zero-order valence-corrected chi connectivity index (χ0v) is 15.1. The molecule has 0 aliphatic carbocycles. The number of piperazine rings is 1. The Hall–Kier alpha value is -1.46. The molecule has 2 aliphatic heterocycles. The van der Waals surface area contributed by atoms with E-state index in [2.05, 4.69) is 42.8 Å². The number of rotatable bonds is 3. The highest BCUT2D eigenvalue weighted by molar-refractivity contribution is 5.79. The summed E-state index contributed by atoms with van der Waals surface area (Å²) in [4.78, 5) is 21.4. The number of amides is 1. The summed E-state index contributed by atoms with van der Waals surface area (Å²) >= 11 is 0. The first-order valence-electron chi connectivity index (χ1n) is 8.98. The van der Waals surface area contributed by atoms with E-state index in [0.717, 1.165) is 51.4 Å². The lowest BCUT2D eigenvalue weighted by Crippen LogP contribution is -2.50. The molecule has 1 unspecified atom stereocenters. The lowest BCUT2D eigenvalue weighted by molar-refractivity contribution is -0.137. The van der Waals surface area contributed by atoms with Gasteiger partial charge < -0.3 is 9.64 Å². The van der Waals surface area contributed by atoms with Gasteiger partial charge in [0, 0.05) is 56.6 Å². The van der Waals surface area contributed by atoms with Gasteiger partial charge >= 0.3 is 0 Å². The van der Waals surface area contributed by atoms with Crippen LogP contribution in [0.2, 0.25) is 0 Å². The number of nitrogens with zero attached hydrogens (tertiary/aromatic N) is 3. The predicted molar refractivity (Wildman–Crippen MR) is 93.7 cm³/mol. The van der Waals surface area contributed by atoms with Gasteiger partial charge in [-0.2, -0.15) is 0 Å². The fraction of sp³-hybridized carbons (Fsp3) is 0.684.